The van der Waals surface area contributed by atoms with E-state index >= 15 is 0 Å². The fourth-order valence-electron chi connectivity index (χ4n) is 0.632. The van der Waals surface area contributed by atoms with Crippen molar-refractivity contribution >= 4 is 6.40 Å². The first-order chi connectivity index (χ1) is 3.79. The molecule has 0 saturated heterocycles. The fraction of sp³-hybridized carbons (Fsp3) is 0.500. The van der Waals surface area contributed by atoms with Crippen LogP contribution in [0, 0.1) is 0 Å². The zero-order valence-electron chi connectivity index (χ0n) is 5.09. The van der Waals surface area contributed by atoms with E-state index in [4.69, 9.17) is 4.74 Å². The molecule has 2 nitrogen and oxygen atoms in total. The highest BCUT2D eigenvalue weighted by atomic mass is 16.5. The molecule has 0 N–H and O–H groups in total. The van der Waals surface area contributed by atoms with Crippen molar-refractivity contribution in [1.29, 1.82) is 0 Å². The van der Waals surface area contributed by atoms with E-state index in [1.54, 1.807) is 0 Å². The van der Waals surface area contributed by atoms with Gasteiger partial charge in [-0.2, -0.15) is 0 Å². The van der Waals surface area contributed by atoms with E-state index in [1.165, 1.54) is 6.40 Å². The number of nitrogens with zero attached hydrogens (tertiary/aromatic N) is 1. The first-order valence-corrected chi connectivity index (χ1v) is 2.66. The van der Waals surface area contributed by atoms with Gasteiger partial charge in [-0.15, -0.1) is 0 Å². The van der Waals surface area contributed by atoms with E-state index < -0.39 is 0 Å². The second-order valence-electron chi connectivity index (χ2n) is 1.89. The summed E-state index contributed by atoms with van der Waals surface area (Å²) in [6, 6.07) is 0.295. The molecule has 0 spiro atoms. The SMILES string of the molecule is CC1=C[C@@H](C)N=CO1. The first kappa shape index (κ1) is 5.35. The van der Waals surface area contributed by atoms with Crippen LogP contribution in [-0.2, 0) is 4.74 Å². The number of allylic oxidation sites excluding steroid dienone is 1. The maximum atomic E-state index is 4.92. The summed E-state index contributed by atoms with van der Waals surface area (Å²) < 4.78 is 4.92. The Kier molecular flexibility index (Phi) is 1.33. The Balaban J connectivity index is 2.60. The average Bonchev–Trinajstić information content (AvgIpc) is 1.64. The molecule has 1 atom stereocenters. The van der Waals surface area contributed by atoms with Crippen LogP contribution < -0.4 is 0 Å². The highest BCUT2D eigenvalue weighted by molar-refractivity contribution is 5.50. The van der Waals surface area contributed by atoms with Crippen molar-refractivity contribution in [2.24, 2.45) is 4.99 Å². The smallest absolute Gasteiger partial charge is 0.176 e. The second-order valence-corrected chi connectivity index (χ2v) is 1.89. The number of rotatable bonds is 0. The molecule has 0 aromatic rings. The highest BCUT2D eigenvalue weighted by Gasteiger charge is 1.98. The molecule has 0 bridgehead atoms. The Labute approximate surface area is 48.9 Å². The average molecular weight is 111 g/mol. The van der Waals surface area contributed by atoms with E-state index in [-0.39, 0.29) is 0 Å². The summed E-state index contributed by atoms with van der Waals surface area (Å²) >= 11 is 0. The third-order valence-corrected chi connectivity index (χ3v) is 1.01. The van der Waals surface area contributed by atoms with E-state index in [0.29, 0.717) is 6.04 Å². The zero-order chi connectivity index (χ0) is 5.98. The minimum absolute atomic E-state index is 0.295. The Morgan fingerprint density at radius 2 is 2.50 bits per heavy atom. The normalized spacial score (nSPS) is 26.8. The molecule has 1 aliphatic rings. The number of aliphatic imine (C=N–C) groups is 1. The molecule has 0 aromatic heterocycles. The zero-order valence-corrected chi connectivity index (χ0v) is 5.09. The van der Waals surface area contributed by atoms with Gasteiger partial charge in [-0.3, -0.25) is 4.99 Å². The van der Waals surface area contributed by atoms with Gasteiger partial charge in [0.25, 0.3) is 0 Å². The standard InChI is InChI=1S/C6H9NO/c1-5-3-6(2)8-4-7-5/h3-5H,1-2H3/t5-/m1/s1. The lowest BCUT2D eigenvalue weighted by atomic mass is 10.3. The van der Waals surface area contributed by atoms with Crippen LogP contribution in [-0.4, -0.2) is 12.4 Å². The van der Waals surface area contributed by atoms with Crippen molar-refractivity contribution in [1.82, 2.24) is 0 Å². The molecule has 0 fully saturated rings. The van der Waals surface area contributed by atoms with Gasteiger partial charge in [-0.05, 0) is 19.9 Å². The monoisotopic (exact) mass is 111 g/mol. The van der Waals surface area contributed by atoms with E-state index in [2.05, 4.69) is 4.99 Å². The summed E-state index contributed by atoms with van der Waals surface area (Å²) in [5, 5.41) is 0. The van der Waals surface area contributed by atoms with Crippen LogP contribution in [0.2, 0.25) is 0 Å². The largest absolute Gasteiger partial charge is 0.451 e. The fourth-order valence-corrected chi connectivity index (χ4v) is 0.632. The summed E-state index contributed by atoms with van der Waals surface area (Å²) in [5.41, 5.74) is 0. The van der Waals surface area contributed by atoms with Gasteiger partial charge in [0, 0.05) is 0 Å². The maximum Gasteiger partial charge on any atom is 0.176 e. The lowest BCUT2D eigenvalue weighted by Crippen LogP contribution is -2.02. The van der Waals surface area contributed by atoms with E-state index in [9.17, 15) is 0 Å². The third-order valence-electron chi connectivity index (χ3n) is 1.01. The Hall–Kier alpha value is -0.790. The summed E-state index contributed by atoms with van der Waals surface area (Å²) in [5.74, 6) is 0.938. The molecule has 1 aliphatic heterocycles. The molecule has 0 aromatic carbocycles. The summed E-state index contributed by atoms with van der Waals surface area (Å²) in [6.07, 6.45) is 3.46. The van der Waals surface area contributed by atoms with Crippen molar-refractivity contribution < 1.29 is 4.74 Å². The summed E-state index contributed by atoms with van der Waals surface area (Å²) in [4.78, 5) is 3.96. The van der Waals surface area contributed by atoms with Crippen LogP contribution in [0.5, 0.6) is 0 Å². The molecule has 44 valence electrons. The molecule has 0 saturated carbocycles. The molecule has 0 radical (unpaired) electrons. The molecule has 8 heavy (non-hydrogen) atoms. The molecule has 0 amide bonds. The molecular weight excluding hydrogens is 102 g/mol. The maximum absolute atomic E-state index is 4.92. The summed E-state index contributed by atoms with van der Waals surface area (Å²) in [7, 11) is 0. The van der Waals surface area contributed by atoms with Gasteiger partial charge >= 0.3 is 0 Å². The van der Waals surface area contributed by atoms with Crippen LogP contribution in [0.15, 0.2) is 16.8 Å². The number of hydrogen-bond acceptors (Lipinski definition) is 2. The predicted octanol–water partition coefficient (Wildman–Crippen LogP) is 1.34. The van der Waals surface area contributed by atoms with Gasteiger partial charge in [-0.1, -0.05) is 0 Å². The van der Waals surface area contributed by atoms with Crippen LogP contribution in [0.1, 0.15) is 13.8 Å². The predicted molar refractivity (Wildman–Crippen MR) is 32.8 cm³/mol. The van der Waals surface area contributed by atoms with Crippen molar-refractivity contribution in [3.8, 4) is 0 Å². The lowest BCUT2D eigenvalue weighted by molar-refractivity contribution is 0.417. The molecular formula is C6H9NO. The first-order valence-electron chi connectivity index (χ1n) is 2.66. The quantitative estimate of drug-likeness (QED) is 0.462. The minimum atomic E-state index is 0.295. The molecule has 0 aliphatic carbocycles. The highest BCUT2D eigenvalue weighted by Crippen LogP contribution is 2.03. The van der Waals surface area contributed by atoms with Gasteiger partial charge in [0.1, 0.15) is 5.76 Å². The van der Waals surface area contributed by atoms with Crippen LogP contribution in [0.3, 0.4) is 0 Å². The van der Waals surface area contributed by atoms with Gasteiger partial charge in [-0.25, -0.2) is 0 Å². The van der Waals surface area contributed by atoms with Gasteiger partial charge < -0.3 is 4.74 Å². The molecule has 1 rings (SSSR count). The van der Waals surface area contributed by atoms with Crippen molar-refractivity contribution in [3.05, 3.63) is 11.8 Å². The molecule has 2 heteroatoms. The van der Waals surface area contributed by atoms with E-state index in [0.717, 1.165) is 5.76 Å². The van der Waals surface area contributed by atoms with Crippen molar-refractivity contribution in [2.45, 2.75) is 19.9 Å². The number of hydrogen-bond donors (Lipinski definition) is 0. The Bertz CT molecular complexity index is 137. The summed E-state index contributed by atoms with van der Waals surface area (Å²) in [6.45, 7) is 3.93. The molecule has 1 heterocycles. The minimum Gasteiger partial charge on any atom is -0.451 e. The Morgan fingerprint density at radius 1 is 1.75 bits per heavy atom. The van der Waals surface area contributed by atoms with Gasteiger partial charge in [0.05, 0.1) is 6.04 Å². The third kappa shape index (κ3) is 1.09. The molecule has 0 unspecified atom stereocenters. The van der Waals surface area contributed by atoms with Crippen molar-refractivity contribution in [2.75, 3.05) is 0 Å². The van der Waals surface area contributed by atoms with Crippen LogP contribution >= 0.6 is 0 Å². The van der Waals surface area contributed by atoms with Crippen LogP contribution in [0.25, 0.3) is 0 Å². The lowest BCUT2D eigenvalue weighted by Gasteiger charge is -2.07. The second kappa shape index (κ2) is 1.99. The van der Waals surface area contributed by atoms with Gasteiger partial charge in [0.2, 0.25) is 0 Å². The van der Waals surface area contributed by atoms with Crippen LogP contribution in [0.4, 0.5) is 0 Å². The van der Waals surface area contributed by atoms with Crippen molar-refractivity contribution in [3.63, 3.8) is 0 Å². The topological polar surface area (TPSA) is 21.6 Å². The number of ether oxygens (including phenoxy) is 1. The van der Waals surface area contributed by atoms with E-state index in [1.807, 2.05) is 19.9 Å². The Morgan fingerprint density at radius 3 is 2.88 bits per heavy atom. The van der Waals surface area contributed by atoms with Gasteiger partial charge in [0.15, 0.2) is 6.40 Å².